The van der Waals surface area contributed by atoms with E-state index in [4.69, 9.17) is 0 Å². The first-order valence-corrected chi connectivity index (χ1v) is 9.22. The summed E-state index contributed by atoms with van der Waals surface area (Å²) in [6.45, 7) is 0. The highest BCUT2D eigenvalue weighted by atomic mass is 32.1. The molecule has 2 aromatic carbocycles. The van der Waals surface area contributed by atoms with Crippen LogP contribution in [0.15, 0.2) is 76.3 Å². The average Bonchev–Trinajstić information content (AvgIpc) is 2.99. The van der Waals surface area contributed by atoms with Crippen LogP contribution in [0.1, 0.15) is 16.8 Å². The minimum Gasteiger partial charge on any atom is -0.266 e. The molecule has 0 atom stereocenters. The maximum absolute atomic E-state index is 12.6. The monoisotopic (exact) mass is 373 g/mol. The second kappa shape index (κ2) is 7.47. The number of fused-ring (bicyclic) bond motifs is 1. The van der Waals surface area contributed by atoms with Gasteiger partial charge in [-0.1, -0.05) is 84.2 Å². The minimum atomic E-state index is -0.397. The molecule has 2 aromatic heterocycles. The molecule has 0 aliphatic heterocycles. The number of aromatic nitrogens is 3. The Morgan fingerprint density at radius 1 is 0.963 bits per heavy atom. The van der Waals surface area contributed by atoms with Crippen molar-refractivity contribution in [2.75, 3.05) is 0 Å². The SMILES string of the molecule is O=c1nc2s/c(=C/C=C/c3ccccc3)c(=O)n2nc1Cc1ccccc1. The summed E-state index contributed by atoms with van der Waals surface area (Å²) in [5.41, 5.74) is 1.59. The summed E-state index contributed by atoms with van der Waals surface area (Å²) in [7, 11) is 0. The summed E-state index contributed by atoms with van der Waals surface area (Å²) in [6, 6.07) is 19.3. The van der Waals surface area contributed by atoms with Crippen molar-refractivity contribution < 1.29 is 0 Å². The highest BCUT2D eigenvalue weighted by Crippen LogP contribution is 2.05. The van der Waals surface area contributed by atoms with Crippen molar-refractivity contribution in [3.05, 3.63) is 109 Å². The quantitative estimate of drug-likeness (QED) is 0.551. The third-order valence-electron chi connectivity index (χ3n) is 4.00. The number of hydrogen-bond donors (Lipinski definition) is 0. The lowest BCUT2D eigenvalue weighted by molar-refractivity contribution is 0.811. The molecule has 0 saturated heterocycles. The van der Waals surface area contributed by atoms with Crippen molar-refractivity contribution in [2.45, 2.75) is 6.42 Å². The molecule has 0 spiro atoms. The lowest BCUT2D eigenvalue weighted by atomic mass is 10.1. The van der Waals surface area contributed by atoms with Crippen LogP contribution in [-0.4, -0.2) is 14.6 Å². The maximum atomic E-state index is 12.6. The molecule has 132 valence electrons. The van der Waals surface area contributed by atoms with Crippen LogP contribution in [0.25, 0.3) is 17.1 Å². The molecule has 0 saturated carbocycles. The smallest absolute Gasteiger partial charge is 0.266 e. The minimum absolute atomic E-state index is 0.264. The molecule has 0 amide bonds. The van der Waals surface area contributed by atoms with E-state index in [-0.39, 0.29) is 11.3 Å². The number of benzene rings is 2. The average molecular weight is 373 g/mol. The van der Waals surface area contributed by atoms with Gasteiger partial charge in [0.15, 0.2) is 0 Å². The van der Waals surface area contributed by atoms with E-state index in [1.54, 1.807) is 6.08 Å². The van der Waals surface area contributed by atoms with Crippen LogP contribution in [0.2, 0.25) is 0 Å². The molecule has 0 aliphatic carbocycles. The molecular formula is C21H15N3O2S. The molecule has 4 aromatic rings. The van der Waals surface area contributed by atoms with Crippen molar-refractivity contribution in [3.8, 4) is 0 Å². The highest BCUT2D eigenvalue weighted by Gasteiger charge is 2.11. The van der Waals surface area contributed by atoms with Gasteiger partial charge >= 0.3 is 0 Å². The number of rotatable bonds is 4. The van der Waals surface area contributed by atoms with Gasteiger partial charge in [0.2, 0.25) is 4.96 Å². The second-order valence-electron chi connectivity index (χ2n) is 5.93. The largest absolute Gasteiger partial charge is 0.296 e. The van der Waals surface area contributed by atoms with Crippen LogP contribution >= 0.6 is 11.3 Å². The van der Waals surface area contributed by atoms with Gasteiger partial charge in [0, 0.05) is 6.42 Å². The van der Waals surface area contributed by atoms with E-state index in [9.17, 15) is 9.59 Å². The van der Waals surface area contributed by atoms with Crippen LogP contribution in [0.3, 0.4) is 0 Å². The standard InChI is InChI=1S/C21H15N3O2S/c25-19-17(14-16-10-5-2-6-11-16)23-24-20(26)18(27-21(24)22-19)13-7-12-15-8-3-1-4-9-15/h1-13H,14H2/b12-7+,18-13+. The van der Waals surface area contributed by atoms with Crippen LogP contribution in [-0.2, 0) is 6.42 Å². The third kappa shape index (κ3) is 3.75. The molecule has 0 bridgehead atoms. The fourth-order valence-corrected chi connectivity index (χ4v) is 3.52. The summed E-state index contributed by atoms with van der Waals surface area (Å²) in [5, 5.41) is 4.25. The zero-order chi connectivity index (χ0) is 18.6. The fourth-order valence-electron chi connectivity index (χ4n) is 2.67. The Morgan fingerprint density at radius 2 is 1.67 bits per heavy atom. The first-order chi connectivity index (χ1) is 13.2. The molecule has 27 heavy (non-hydrogen) atoms. The van der Waals surface area contributed by atoms with Crippen molar-refractivity contribution >= 4 is 28.4 Å². The van der Waals surface area contributed by atoms with Gasteiger partial charge in [-0.15, -0.1) is 0 Å². The van der Waals surface area contributed by atoms with Crippen molar-refractivity contribution in [2.24, 2.45) is 0 Å². The van der Waals surface area contributed by atoms with Gasteiger partial charge in [-0.3, -0.25) is 9.59 Å². The molecule has 4 rings (SSSR count). The normalized spacial score (nSPS) is 12.2. The summed E-state index contributed by atoms with van der Waals surface area (Å²) < 4.78 is 1.70. The first kappa shape index (κ1) is 17.1. The molecular weight excluding hydrogens is 358 g/mol. The van der Waals surface area contributed by atoms with Crippen molar-refractivity contribution in [3.63, 3.8) is 0 Å². The van der Waals surface area contributed by atoms with E-state index in [2.05, 4.69) is 10.1 Å². The van der Waals surface area contributed by atoms with E-state index in [0.29, 0.717) is 15.9 Å². The fraction of sp³-hybridized carbons (Fsp3) is 0.0476. The summed E-state index contributed by atoms with van der Waals surface area (Å²) in [5.74, 6) is 0. The van der Waals surface area contributed by atoms with Gasteiger partial charge in [0.05, 0.1) is 4.53 Å². The molecule has 2 heterocycles. The molecule has 6 heteroatoms. The molecule has 0 radical (unpaired) electrons. The van der Waals surface area contributed by atoms with Crippen LogP contribution in [0.5, 0.6) is 0 Å². The van der Waals surface area contributed by atoms with E-state index in [1.807, 2.05) is 72.8 Å². The predicted molar refractivity (Wildman–Crippen MR) is 108 cm³/mol. The van der Waals surface area contributed by atoms with E-state index < -0.39 is 5.56 Å². The van der Waals surface area contributed by atoms with Gasteiger partial charge in [-0.05, 0) is 17.2 Å². The van der Waals surface area contributed by atoms with Gasteiger partial charge in [-0.25, -0.2) is 0 Å². The van der Waals surface area contributed by atoms with Crippen molar-refractivity contribution in [1.29, 1.82) is 0 Å². The number of allylic oxidation sites excluding steroid dienone is 1. The molecule has 0 unspecified atom stereocenters. The Kier molecular flexibility index (Phi) is 4.72. The summed E-state index contributed by atoms with van der Waals surface area (Å²) in [6.07, 6.45) is 5.79. The lowest BCUT2D eigenvalue weighted by Gasteiger charge is -1.99. The zero-order valence-electron chi connectivity index (χ0n) is 14.3. The predicted octanol–water partition coefficient (Wildman–Crippen LogP) is 2.31. The Morgan fingerprint density at radius 3 is 2.41 bits per heavy atom. The van der Waals surface area contributed by atoms with Gasteiger partial charge in [-0.2, -0.15) is 14.6 Å². The summed E-state index contributed by atoms with van der Waals surface area (Å²) in [4.78, 5) is 29.2. The second-order valence-corrected chi connectivity index (χ2v) is 6.94. The van der Waals surface area contributed by atoms with E-state index >= 15 is 0 Å². The number of thiazole rings is 1. The Bertz CT molecular complexity index is 1280. The van der Waals surface area contributed by atoms with Gasteiger partial charge in [0.25, 0.3) is 11.1 Å². The van der Waals surface area contributed by atoms with Gasteiger partial charge < -0.3 is 0 Å². The molecule has 5 nitrogen and oxygen atoms in total. The third-order valence-corrected chi connectivity index (χ3v) is 4.98. The molecule has 0 N–H and O–H groups in total. The van der Waals surface area contributed by atoms with Crippen LogP contribution in [0, 0.1) is 0 Å². The maximum Gasteiger partial charge on any atom is 0.296 e. The highest BCUT2D eigenvalue weighted by molar-refractivity contribution is 7.15. The van der Waals surface area contributed by atoms with Gasteiger partial charge in [0.1, 0.15) is 5.69 Å². The Hall–Kier alpha value is -3.38. The first-order valence-electron chi connectivity index (χ1n) is 8.41. The van der Waals surface area contributed by atoms with Crippen LogP contribution in [0.4, 0.5) is 0 Å². The topological polar surface area (TPSA) is 64.3 Å². The Labute approximate surface area is 158 Å². The lowest BCUT2D eigenvalue weighted by Crippen LogP contribution is -2.27. The van der Waals surface area contributed by atoms with E-state index in [1.165, 1.54) is 4.52 Å². The number of hydrogen-bond acceptors (Lipinski definition) is 5. The Balaban J connectivity index is 1.71. The zero-order valence-corrected chi connectivity index (χ0v) is 15.1. The number of nitrogens with zero attached hydrogens (tertiary/aromatic N) is 3. The van der Waals surface area contributed by atoms with E-state index in [0.717, 1.165) is 22.5 Å². The molecule has 0 fully saturated rings. The summed E-state index contributed by atoms with van der Waals surface area (Å²) >= 11 is 1.16. The molecule has 0 aliphatic rings. The van der Waals surface area contributed by atoms with Crippen LogP contribution < -0.4 is 15.7 Å². The van der Waals surface area contributed by atoms with Crippen molar-refractivity contribution in [1.82, 2.24) is 14.6 Å².